The summed E-state index contributed by atoms with van der Waals surface area (Å²) in [5, 5.41) is 17.1. The molecule has 4 N–H and O–H groups in total. The average molecular weight is 614 g/mol. The molecule has 1 atom stereocenters. The van der Waals surface area contributed by atoms with Crippen LogP contribution in [0.4, 0.5) is 11.4 Å². The molecule has 218 valence electrons. The van der Waals surface area contributed by atoms with E-state index in [1.807, 2.05) is 31.2 Å². The monoisotopic (exact) mass is 613 g/mol. The normalized spacial score (nSPS) is 11.7. The third-order valence-electron chi connectivity index (χ3n) is 6.12. The molecular formula is C33H28ClN3O5S. The van der Waals surface area contributed by atoms with Crippen molar-refractivity contribution >= 4 is 64.5 Å². The lowest BCUT2D eigenvalue weighted by Gasteiger charge is -2.14. The average Bonchev–Trinajstić information content (AvgIpc) is 2.98. The molecular weight excluding hydrogens is 586 g/mol. The van der Waals surface area contributed by atoms with Crippen LogP contribution in [0.5, 0.6) is 0 Å². The summed E-state index contributed by atoms with van der Waals surface area (Å²) in [7, 11) is 0. The minimum absolute atomic E-state index is 0.0638. The summed E-state index contributed by atoms with van der Waals surface area (Å²) in [4.78, 5) is 51.2. The zero-order valence-electron chi connectivity index (χ0n) is 23.3. The SMILES string of the molecule is Cc1cccc(/C=C(/NC(=O)c2ccccc2)C(=O)Nc2cccc(SC(C)C(=O)Nc3ccc(Cl)c(C(=O)O)c3)c2)c1. The van der Waals surface area contributed by atoms with Crippen molar-refractivity contribution in [3.8, 4) is 0 Å². The summed E-state index contributed by atoms with van der Waals surface area (Å²) in [5.74, 6) is -2.48. The standard InChI is InChI=1S/C33H28ClN3O5S/c1-20-8-6-9-22(16-20)17-29(37-31(39)23-10-4-3-5-11-23)32(40)36-24-12-7-13-26(18-24)43-21(2)30(38)35-25-14-15-28(34)27(19-25)33(41)42/h3-19,21H,1-2H3,(H,35,38)(H,36,40)(H,37,39)(H,41,42)/b29-17+. The van der Waals surface area contributed by atoms with Crippen LogP contribution < -0.4 is 16.0 Å². The molecule has 0 fully saturated rings. The van der Waals surface area contributed by atoms with Gasteiger partial charge in [0.2, 0.25) is 5.91 Å². The van der Waals surface area contributed by atoms with Crippen molar-refractivity contribution in [3.05, 3.63) is 130 Å². The zero-order chi connectivity index (χ0) is 30.9. The molecule has 4 aromatic carbocycles. The Hall–Kier alpha value is -4.86. The van der Waals surface area contributed by atoms with Crippen LogP contribution in [0.25, 0.3) is 6.08 Å². The van der Waals surface area contributed by atoms with Gasteiger partial charge >= 0.3 is 5.97 Å². The maximum atomic E-state index is 13.4. The number of carbonyl (C=O) groups excluding carboxylic acids is 3. The fraction of sp³-hybridized carbons (Fsp3) is 0.0909. The quantitative estimate of drug-likeness (QED) is 0.114. The number of amides is 3. The van der Waals surface area contributed by atoms with E-state index in [4.69, 9.17) is 11.6 Å². The number of nitrogens with one attached hydrogen (secondary N) is 3. The van der Waals surface area contributed by atoms with Crippen molar-refractivity contribution in [2.24, 2.45) is 0 Å². The van der Waals surface area contributed by atoms with E-state index in [1.54, 1.807) is 67.6 Å². The first kappa shape index (κ1) is 31.1. The van der Waals surface area contributed by atoms with Crippen LogP contribution in [0.1, 0.15) is 38.8 Å². The van der Waals surface area contributed by atoms with Crippen molar-refractivity contribution in [2.75, 3.05) is 10.6 Å². The van der Waals surface area contributed by atoms with Gasteiger partial charge in [-0.05, 0) is 74.0 Å². The van der Waals surface area contributed by atoms with Crippen LogP contribution in [0.2, 0.25) is 5.02 Å². The molecule has 8 nitrogen and oxygen atoms in total. The Kier molecular flexibility index (Phi) is 10.4. The first-order valence-electron chi connectivity index (χ1n) is 13.2. The van der Waals surface area contributed by atoms with Gasteiger partial charge in [0.15, 0.2) is 0 Å². The first-order chi connectivity index (χ1) is 20.6. The van der Waals surface area contributed by atoms with E-state index in [0.29, 0.717) is 21.8 Å². The molecule has 1 unspecified atom stereocenters. The van der Waals surface area contributed by atoms with E-state index in [1.165, 1.54) is 30.0 Å². The molecule has 0 aromatic heterocycles. The van der Waals surface area contributed by atoms with Crippen LogP contribution in [-0.4, -0.2) is 34.0 Å². The number of halogens is 1. The van der Waals surface area contributed by atoms with Gasteiger partial charge < -0.3 is 21.1 Å². The summed E-state index contributed by atoms with van der Waals surface area (Å²) in [6.45, 7) is 3.65. The van der Waals surface area contributed by atoms with Crippen LogP contribution in [-0.2, 0) is 9.59 Å². The van der Waals surface area contributed by atoms with Gasteiger partial charge in [0.25, 0.3) is 11.8 Å². The second kappa shape index (κ2) is 14.4. The van der Waals surface area contributed by atoms with Gasteiger partial charge in [0, 0.05) is 21.8 Å². The summed E-state index contributed by atoms with van der Waals surface area (Å²) in [6, 6.07) is 27.4. The summed E-state index contributed by atoms with van der Waals surface area (Å²) in [5.41, 5.74) is 2.89. The number of hydrogen-bond donors (Lipinski definition) is 4. The van der Waals surface area contributed by atoms with Crippen LogP contribution in [0.15, 0.2) is 108 Å². The largest absolute Gasteiger partial charge is 0.478 e. The third kappa shape index (κ3) is 8.81. The topological polar surface area (TPSA) is 125 Å². The Labute approximate surface area is 258 Å². The molecule has 10 heteroatoms. The highest BCUT2D eigenvalue weighted by Crippen LogP contribution is 2.28. The minimum atomic E-state index is -1.20. The number of carboxylic acid groups (broad SMARTS) is 1. The molecule has 0 aliphatic rings. The van der Waals surface area contributed by atoms with Crippen molar-refractivity contribution in [1.29, 1.82) is 0 Å². The van der Waals surface area contributed by atoms with Crippen molar-refractivity contribution < 1.29 is 24.3 Å². The number of aromatic carboxylic acids is 1. The summed E-state index contributed by atoms with van der Waals surface area (Å²) < 4.78 is 0. The van der Waals surface area contributed by atoms with E-state index >= 15 is 0 Å². The van der Waals surface area contributed by atoms with Gasteiger partial charge in [-0.3, -0.25) is 14.4 Å². The number of carboxylic acids is 1. The lowest BCUT2D eigenvalue weighted by molar-refractivity contribution is -0.115. The highest BCUT2D eigenvalue weighted by atomic mass is 35.5. The molecule has 0 spiro atoms. The maximum absolute atomic E-state index is 13.4. The highest BCUT2D eigenvalue weighted by molar-refractivity contribution is 8.00. The Morgan fingerprint density at radius 2 is 1.56 bits per heavy atom. The second-order valence-corrected chi connectivity index (χ2v) is 11.3. The van der Waals surface area contributed by atoms with Gasteiger partial charge in [0.1, 0.15) is 5.70 Å². The number of benzene rings is 4. The number of hydrogen-bond acceptors (Lipinski definition) is 5. The molecule has 0 radical (unpaired) electrons. The minimum Gasteiger partial charge on any atom is -0.478 e. The maximum Gasteiger partial charge on any atom is 0.337 e. The molecule has 0 aliphatic carbocycles. The van der Waals surface area contributed by atoms with Crippen LogP contribution >= 0.6 is 23.4 Å². The fourth-order valence-corrected chi connectivity index (χ4v) is 5.11. The van der Waals surface area contributed by atoms with E-state index in [-0.39, 0.29) is 22.2 Å². The fourth-order valence-electron chi connectivity index (χ4n) is 3.98. The molecule has 4 aromatic rings. The van der Waals surface area contributed by atoms with Gasteiger partial charge in [-0.15, -0.1) is 11.8 Å². The number of anilines is 2. The van der Waals surface area contributed by atoms with Crippen molar-refractivity contribution in [1.82, 2.24) is 5.32 Å². The zero-order valence-corrected chi connectivity index (χ0v) is 24.8. The third-order valence-corrected chi connectivity index (χ3v) is 7.54. The van der Waals surface area contributed by atoms with E-state index < -0.39 is 23.0 Å². The molecule has 4 rings (SSSR count). The lowest BCUT2D eigenvalue weighted by atomic mass is 10.1. The van der Waals surface area contributed by atoms with E-state index in [2.05, 4.69) is 16.0 Å². The smallest absolute Gasteiger partial charge is 0.337 e. The molecule has 0 aliphatic heterocycles. The van der Waals surface area contributed by atoms with Crippen molar-refractivity contribution in [3.63, 3.8) is 0 Å². The Morgan fingerprint density at radius 1 is 0.837 bits per heavy atom. The predicted molar refractivity (Wildman–Crippen MR) is 170 cm³/mol. The number of aryl methyl sites for hydroxylation is 1. The molecule has 0 saturated carbocycles. The summed E-state index contributed by atoms with van der Waals surface area (Å²) >= 11 is 7.17. The Balaban J connectivity index is 1.47. The van der Waals surface area contributed by atoms with Gasteiger partial charge in [-0.25, -0.2) is 4.79 Å². The van der Waals surface area contributed by atoms with Gasteiger partial charge in [-0.2, -0.15) is 0 Å². The number of carbonyl (C=O) groups is 4. The highest BCUT2D eigenvalue weighted by Gasteiger charge is 2.18. The van der Waals surface area contributed by atoms with Crippen molar-refractivity contribution in [2.45, 2.75) is 24.0 Å². The molecule has 0 bridgehead atoms. The molecule has 0 saturated heterocycles. The molecule has 43 heavy (non-hydrogen) atoms. The first-order valence-corrected chi connectivity index (χ1v) is 14.4. The summed E-state index contributed by atoms with van der Waals surface area (Å²) in [6.07, 6.45) is 1.61. The van der Waals surface area contributed by atoms with Crippen LogP contribution in [0.3, 0.4) is 0 Å². The van der Waals surface area contributed by atoms with Crippen LogP contribution in [0, 0.1) is 6.92 Å². The van der Waals surface area contributed by atoms with E-state index in [0.717, 1.165) is 11.1 Å². The predicted octanol–water partition coefficient (Wildman–Crippen LogP) is 6.88. The number of rotatable bonds is 10. The lowest BCUT2D eigenvalue weighted by Crippen LogP contribution is -2.30. The van der Waals surface area contributed by atoms with Gasteiger partial charge in [0.05, 0.1) is 15.8 Å². The van der Waals surface area contributed by atoms with Gasteiger partial charge in [-0.1, -0.05) is 65.7 Å². The second-order valence-electron chi connectivity index (χ2n) is 9.52. The number of thioether (sulfide) groups is 1. The molecule has 3 amide bonds. The Morgan fingerprint density at radius 3 is 2.28 bits per heavy atom. The Bertz CT molecular complexity index is 1710. The molecule has 0 heterocycles. The van der Waals surface area contributed by atoms with E-state index in [9.17, 15) is 24.3 Å².